The molecule has 0 bridgehead atoms. The normalized spacial score (nSPS) is 13.9. The van der Waals surface area contributed by atoms with Crippen molar-refractivity contribution in [3.05, 3.63) is 12.7 Å². The zero-order chi connectivity index (χ0) is 20.1. The number of hydrogen-bond acceptors (Lipinski definition) is 4. The third-order valence-corrected chi connectivity index (χ3v) is 2.87. The predicted octanol–water partition coefficient (Wildman–Crippen LogP) is 3.09. The number of hydrogen-bond donors (Lipinski definition) is 0. The number of carbonyl (C=O) groups is 1. The van der Waals surface area contributed by atoms with E-state index in [0.717, 1.165) is 11.0 Å². The highest BCUT2D eigenvalue weighted by atomic mass is 19.4. The van der Waals surface area contributed by atoms with Crippen molar-refractivity contribution >= 4 is 5.97 Å². The molecule has 4 nitrogen and oxygen atoms in total. The van der Waals surface area contributed by atoms with E-state index >= 15 is 0 Å². The molecule has 0 aliphatic rings. The van der Waals surface area contributed by atoms with Gasteiger partial charge >= 0.3 is 30.1 Å². The number of likely N-dealkylation sites (N-methyl/N-ethyl adjacent to an activating group) is 1. The molecule has 0 amide bonds. The molecule has 0 atom stereocenters. The predicted molar refractivity (Wildman–Crippen MR) is 65.5 cm³/mol. The van der Waals surface area contributed by atoms with Crippen LogP contribution >= 0.6 is 0 Å². The average molecular weight is 391 g/mol. The molecule has 0 spiro atoms. The second kappa shape index (κ2) is 8.25. The van der Waals surface area contributed by atoms with Gasteiger partial charge in [0.05, 0.1) is 6.61 Å². The lowest BCUT2D eigenvalue weighted by atomic mass is 10.0. The van der Waals surface area contributed by atoms with Gasteiger partial charge in [-0.25, -0.2) is 4.79 Å². The van der Waals surface area contributed by atoms with E-state index in [4.69, 9.17) is 0 Å². The van der Waals surface area contributed by atoms with Crippen LogP contribution in [0, 0.1) is 0 Å². The molecule has 0 aliphatic heterocycles. The standard InChI is InChI=1S/C12H14F9NO3/c1-3-8(23)24-6-4-22(2)5-7-25-9(10(13,14)15,11(16,17)18)12(19,20)21/h3H,1,4-7H2,2H3. The van der Waals surface area contributed by atoms with Gasteiger partial charge in [0, 0.05) is 19.2 Å². The Hall–Kier alpha value is -1.50. The maximum Gasteiger partial charge on any atom is 0.435 e. The number of nitrogens with zero attached hydrogens (tertiary/aromatic N) is 1. The third kappa shape index (κ3) is 5.76. The summed E-state index contributed by atoms with van der Waals surface area (Å²) < 4.78 is 121. The molecule has 0 rings (SSSR count). The fourth-order valence-corrected chi connectivity index (χ4v) is 1.56. The molecule has 0 aromatic carbocycles. The number of alkyl halides is 9. The van der Waals surface area contributed by atoms with Crippen LogP contribution in [0.15, 0.2) is 12.7 Å². The van der Waals surface area contributed by atoms with Gasteiger partial charge in [0.1, 0.15) is 6.61 Å². The Morgan fingerprint density at radius 3 is 1.68 bits per heavy atom. The van der Waals surface area contributed by atoms with E-state index in [9.17, 15) is 44.3 Å². The number of ether oxygens (including phenoxy) is 2. The minimum atomic E-state index is -6.76. The Balaban J connectivity index is 4.97. The molecule has 0 aromatic heterocycles. The smallest absolute Gasteiger partial charge is 0.435 e. The first-order valence-corrected chi connectivity index (χ1v) is 6.42. The van der Waals surface area contributed by atoms with Gasteiger partial charge < -0.3 is 14.4 Å². The molecule has 0 aliphatic carbocycles. The van der Waals surface area contributed by atoms with E-state index in [1.165, 1.54) is 7.05 Å². The zero-order valence-electron chi connectivity index (χ0n) is 12.7. The van der Waals surface area contributed by atoms with Crippen molar-refractivity contribution in [2.24, 2.45) is 0 Å². The fraction of sp³-hybridized carbons (Fsp3) is 0.750. The highest BCUT2D eigenvalue weighted by molar-refractivity contribution is 5.81. The molecular formula is C12H14F9NO3. The molecular weight excluding hydrogens is 377 g/mol. The van der Waals surface area contributed by atoms with E-state index in [0.29, 0.717) is 0 Å². The Labute approximate surface area is 136 Å². The van der Waals surface area contributed by atoms with Crippen LogP contribution in [0.2, 0.25) is 0 Å². The number of esters is 1. The first-order chi connectivity index (χ1) is 11.1. The van der Waals surface area contributed by atoms with Gasteiger partial charge in [0.15, 0.2) is 0 Å². The summed E-state index contributed by atoms with van der Waals surface area (Å²) in [7, 11) is 1.17. The lowest BCUT2D eigenvalue weighted by Gasteiger charge is -2.38. The van der Waals surface area contributed by atoms with Crippen molar-refractivity contribution in [2.45, 2.75) is 24.1 Å². The van der Waals surface area contributed by atoms with Crippen LogP contribution < -0.4 is 0 Å². The Morgan fingerprint density at radius 2 is 1.32 bits per heavy atom. The average Bonchev–Trinajstić information content (AvgIpc) is 2.38. The second-order valence-corrected chi connectivity index (χ2v) is 4.70. The van der Waals surface area contributed by atoms with Gasteiger partial charge in [-0.3, -0.25) is 0 Å². The highest BCUT2D eigenvalue weighted by Crippen LogP contribution is 2.54. The molecule has 0 saturated carbocycles. The van der Waals surface area contributed by atoms with Crippen LogP contribution in [0.3, 0.4) is 0 Å². The lowest BCUT2D eigenvalue weighted by Crippen LogP contribution is -2.68. The van der Waals surface area contributed by atoms with Crippen molar-refractivity contribution in [1.82, 2.24) is 4.90 Å². The van der Waals surface area contributed by atoms with Gasteiger partial charge in [-0.15, -0.1) is 0 Å². The van der Waals surface area contributed by atoms with E-state index < -0.39 is 43.3 Å². The van der Waals surface area contributed by atoms with Crippen LogP contribution in [-0.4, -0.2) is 68.4 Å². The van der Waals surface area contributed by atoms with Gasteiger partial charge in [0.25, 0.3) is 0 Å². The van der Waals surface area contributed by atoms with Crippen LogP contribution in [-0.2, 0) is 14.3 Å². The third-order valence-electron chi connectivity index (χ3n) is 2.87. The van der Waals surface area contributed by atoms with E-state index in [2.05, 4.69) is 16.1 Å². The summed E-state index contributed by atoms with van der Waals surface area (Å²) >= 11 is 0. The summed E-state index contributed by atoms with van der Waals surface area (Å²) in [6, 6.07) is 0. The van der Waals surface area contributed by atoms with E-state index in [1.54, 1.807) is 0 Å². The molecule has 0 fully saturated rings. The SMILES string of the molecule is C=CC(=O)OCCN(C)CCOC(C(F)(F)F)(C(F)(F)F)C(F)(F)F. The first-order valence-electron chi connectivity index (χ1n) is 6.42. The van der Waals surface area contributed by atoms with Crippen LogP contribution in [0.4, 0.5) is 39.5 Å². The lowest BCUT2D eigenvalue weighted by molar-refractivity contribution is -0.457. The van der Waals surface area contributed by atoms with Gasteiger partial charge in [-0.2, -0.15) is 39.5 Å². The summed E-state index contributed by atoms with van der Waals surface area (Å²) in [5.41, 5.74) is -6.29. The molecule has 0 saturated heterocycles. The monoisotopic (exact) mass is 391 g/mol. The topological polar surface area (TPSA) is 38.8 Å². The summed E-state index contributed by atoms with van der Waals surface area (Å²) in [4.78, 5) is 11.7. The fourth-order valence-electron chi connectivity index (χ4n) is 1.56. The molecule has 0 N–H and O–H groups in total. The minimum Gasteiger partial charge on any atom is -0.461 e. The minimum absolute atomic E-state index is 0.167. The van der Waals surface area contributed by atoms with Crippen molar-refractivity contribution in [3.8, 4) is 0 Å². The van der Waals surface area contributed by atoms with Gasteiger partial charge in [-0.05, 0) is 7.05 Å². The summed E-state index contributed by atoms with van der Waals surface area (Å²) in [5, 5.41) is 0. The highest BCUT2D eigenvalue weighted by Gasteiger charge is 2.85. The van der Waals surface area contributed by atoms with E-state index in [-0.39, 0.29) is 13.2 Å². The molecule has 0 radical (unpaired) electrons. The summed E-state index contributed by atoms with van der Waals surface area (Å²) in [6.45, 7) is 0.372. The van der Waals surface area contributed by atoms with Gasteiger partial charge in [-0.1, -0.05) is 6.58 Å². The van der Waals surface area contributed by atoms with Crippen molar-refractivity contribution in [1.29, 1.82) is 0 Å². The largest absolute Gasteiger partial charge is 0.461 e. The van der Waals surface area contributed by atoms with Crippen LogP contribution in [0.1, 0.15) is 0 Å². The second-order valence-electron chi connectivity index (χ2n) is 4.70. The van der Waals surface area contributed by atoms with E-state index in [1.807, 2.05) is 0 Å². The van der Waals surface area contributed by atoms with Crippen molar-refractivity contribution < 1.29 is 53.8 Å². The number of rotatable bonds is 8. The Bertz CT molecular complexity index is 420. The maximum absolute atomic E-state index is 12.6. The number of carbonyl (C=O) groups excluding carboxylic acids is 1. The maximum atomic E-state index is 12.6. The van der Waals surface area contributed by atoms with Crippen LogP contribution in [0.25, 0.3) is 0 Å². The Kier molecular flexibility index (Phi) is 7.76. The molecule has 25 heavy (non-hydrogen) atoms. The van der Waals surface area contributed by atoms with Crippen LogP contribution in [0.5, 0.6) is 0 Å². The molecule has 148 valence electrons. The van der Waals surface area contributed by atoms with Crippen molar-refractivity contribution in [3.63, 3.8) is 0 Å². The molecule has 0 unspecified atom stereocenters. The Morgan fingerprint density at radius 1 is 0.920 bits per heavy atom. The molecule has 0 aromatic rings. The van der Waals surface area contributed by atoms with Crippen molar-refractivity contribution in [2.75, 3.05) is 33.4 Å². The quantitative estimate of drug-likeness (QED) is 0.362. The molecule has 13 heteroatoms. The number of halogens is 9. The first kappa shape index (κ1) is 23.5. The van der Waals surface area contributed by atoms with Gasteiger partial charge in [0.2, 0.25) is 0 Å². The summed E-state index contributed by atoms with van der Waals surface area (Å²) in [6.07, 6.45) is -19.5. The zero-order valence-corrected chi connectivity index (χ0v) is 12.7. The molecule has 0 heterocycles. The summed E-state index contributed by atoms with van der Waals surface area (Å²) in [5.74, 6) is -0.824.